The third-order valence-electron chi connectivity index (χ3n) is 3.70. The average Bonchev–Trinajstić information content (AvgIpc) is 2.54. The minimum atomic E-state index is -0.836. The van der Waals surface area contributed by atoms with Crippen molar-refractivity contribution in [1.82, 2.24) is 15.5 Å². The molecule has 1 atom stereocenters. The summed E-state index contributed by atoms with van der Waals surface area (Å²) in [5.74, 6) is -1.03. The maximum atomic E-state index is 13.3. The Hall–Kier alpha value is -0.960. The van der Waals surface area contributed by atoms with Gasteiger partial charge in [-0.2, -0.15) is 0 Å². The van der Waals surface area contributed by atoms with Crippen molar-refractivity contribution in [3.8, 4) is 0 Å². The Morgan fingerprint density at radius 3 is 2.54 bits per heavy atom. The quantitative estimate of drug-likeness (QED) is 0.359. The SMILES string of the molecule is CCCCN(C)CCNC(=NC)NC(C)c1ccc(F)c(F)c1.I. The van der Waals surface area contributed by atoms with Crippen LogP contribution in [0.1, 0.15) is 38.3 Å². The van der Waals surface area contributed by atoms with E-state index in [4.69, 9.17) is 0 Å². The van der Waals surface area contributed by atoms with Crippen LogP contribution in [0.25, 0.3) is 0 Å². The van der Waals surface area contributed by atoms with E-state index in [1.54, 1.807) is 13.1 Å². The lowest BCUT2D eigenvalue weighted by atomic mass is 10.1. The van der Waals surface area contributed by atoms with Gasteiger partial charge in [0.15, 0.2) is 17.6 Å². The molecule has 0 fully saturated rings. The Morgan fingerprint density at radius 1 is 1.25 bits per heavy atom. The summed E-state index contributed by atoms with van der Waals surface area (Å²) in [5, 5.41) is 6.41. The van der Waals surface area contributed by atoms with Gasteiger partial charge in [-0.25, -0.2) is 8.78 Å². The lowest BCUT2D eigenvalue weighted by molar-refractivity contribution is 0.332. The van der Waals surface area contributed by atoms with E-state index in [9.17, 15) is 8.78 Å². The summed E-state index contributed by atoms with van der Waals surface area (Å²) in [7, 11) is 3.78. The number of nitrogens with zero attached hydrogens (tertiary/aromatic N) is 2. The molecule has 1 unspecified atom stereocenters. The van der Waals surface area contributed by atoms with Crippen molar-refractivity contribution in [3.63, 3.8) is 0 Å². The number of nitrogens with one attached hydrogen (secondary N) is 2. The largest absolute Gasteiger partial charge is 0.355 e. The first kappa shape index (κ1) is 23.0. The summed E-state index contributed by atoms with van der Waals surface area (Å²) in [5.41, 5.74) is 0.673. The van der Waals surface area contributed by atoms with Crippen LogP contribution < -0.4 is 10.6 Å². The highest BCUT2D eigenvalue weighted by molar-refractivity contribution is 14.0. The maximum Gasteiger partial charge on any atom is 0.191 e. The van der Waals surface area contributed by atoms with Crippen LogP contribution in [0.5, 0.6) is 0 Å². The predicted molar refractivity (Wildman–Crippen MR) is 107 cm³/mol. The second-order valence-electron chi connectivity index (χ2n) is 5.70. The van der Waals surface area contributed by atoms with Crippen molar-refractivity contribution in [2.24, 2.45) is 4.99 Å². The number of guanidine groups is 1. The monoisotopic (exact) mass is 454 g/mol. The molecule has 0 aliphatic carbocycles. The standard InChI is InChI=1S/C17H28F2N4.HI/c1-5-6-10-23(4)11-9-21-17(20-3)22-13(2)14-7-8-15(18)16(19)12-14;/h7-8,12-13H,5-6,9-11H2,1-4H3,(H2,20,21,22);1H. The molecule has 0 bridgehead atoms. The number of hydrogen-bond donors (Lipinski definition) is 2. The molecule has 0 radical (unpaired) electrons. The van der Waals surface area contributed by atoms with Crippen LogP contribution in [0.3, 0.4) is 0 Å². The van der Waals surface area contributed by atoms with Crippen molar-refractivity contribution in [2.45, 2.75) is 32.7 Å². The molecule has 138 valence electrons. The van der Waals surface area contributed by atoms with Crippen LogP contribution in [-0.4, -0.2) is 44.6 Å². The molecule has 1 rings (SSSR count). The van der Waals surface area contributed by atoms with Crippen molar-refractivity contribution in [1.29, 1.82) is 0 Å². The number of likely N-dealkylation sites (N-methyl/N-ethyl adjacent to an activating group) is 1. The zero-order chi connectivity index (χ0) is 17.2. The highest BCUT2D eigenvalue weighted by Gasteiger charge is 2.10. The first-order valence-corrected chi connectivity index (χ1v) is 8.08. The Labute approximate surface area is 161 Å². The van der Waals surface area contributed by atoms with Gasteiger partial charge in [0.2, 0.25) is 0 Å². The smallest absolute Gasteiger partial charge is 0.191 e. The zero-order valence-electron chi connectivity index (χ0n) is 14.9. The number of aliphatic imine (C=N–C) groups is 1. The van der Waals surface area contributed by atoms with E-state index in [1.807, 2.05) is 6.92 Å². The van der Waals surface area contributed by atoms with E-state index in [1.165, 1.54) is 18.9 Å². The summed E-state index contributed by atoms with van der Waals surface area (Å²) in [6.07, 6.45) is 2.38. The molecule has 2 N–H and O–H groups in total. The molecular weight excluding hydrogens is 425 g/mol. The van der Waals surface area contributed by atoms with Gasteiger partial charge in [-0.1, -0.05) is 19.4 Å². The van der Waals surface area contributed by atoms with Crippen LogP contribution in [0, 0.1) is 11.6 Å². The lowest BCUT2D eigenvalue weighted by Crippen LogP contribution is -2.42. The van der Waals surface area contributed by atoms with E-state index in [2.05, 4.69) is 34.5 Å². The molecule has 1 aromatic carbocycles. The number of hydrogen-bond acceptors (Lipinski definition) is 2. The van der Waals surface area contributed by atoms with Crippen molar-refractivity contribution < 1.29 is 8.78 Å². The van der Waals surface area contributed by atoms with Crippen LogP contribution in [0.4, 0.5) is 8.78 Å². The lowest BCUT2D eigenvalue weighted by Gasteiger charge is -2.20. The van der Waals surface area contributed by atoms with Gasteiger partial charge < -0.3 is 15.5 Å². The molecule has 0 aromatic heterocycles. The second kappa shape index (κ2) is 12.4. The number of halogens is 3. The van der Waals surface area contributed by atoms with Gasteiger partial charge in [0.25, 0.3) is 0 Å². The van der Waals surface area contributed by atoms with Crippen molar-refractivity contribution in [3.05, 3.63) is 35.4 Å². The Balaban J connectivity index is 0.00000529. The third kappa shape index (κ3) is 8.23. The highest BCUT2D eigenvalue weighted by Crippen LogP contribution is 2.15. The van der Waals surface area contributed by atoms with Gasteiger partial charge in [-0.3, -0.25) is 4.99 Å². The minimum Gasteiger partial charge on any atom is -0.355 e. The van der Waals surface area contributed by atoms with Crippen LogP contribution in [0.2, 0.25) is 0 Å². The molecule has 0 spiro atoms. The fraction of sp³-hybridized carbons (Fsp3) is 0.588. The Morgan fingerprint density at radius 2 is 1.96 bits per heavy atom. The molecule has 0 amide bonds. The predicted octanol–water partition coefficient (Wildman–Crippen LogP) is 3.54. The second-order valence-corrected chi connectivity index (χ2v) is 5.70. The Bertz CT molecular complexity index is 511. The summed E-state index contributed by atoms with van der Waals surface area (Å²) in [6.45, 7) is 6.82. The highest BCUT2D eigenvalue weighted by atomic mass is 127. The third-order valence-corrected chi connectivity index (χ3v) is 3.70. The van der Waals surface area contributed by atoms with Gasteiger partial charge in [0, 0.05) is 20.1 Å². The molecular formula is C17H29F2IN4. The minimum absolute atomic E-state index is 0. The summed E-state index contributed by atoms with van der Waals surface area (Å²) in [4.78, 5) is 6.43. The molecule has 0 aliphatic heterocycles. The van der Waals surface area contributed by atoms with Gasteiger partial charge in [-0.15, -0.1) is 24.0 Å². The van der Waals surface area contributed by atoms with Crippen molar-refractivity contribution >= 4 is 29.9 Å². The molecule has 4 nitrogen and oxygen atoms in total. The van der Waals surface area contributed by atoms with Gasteiger partial charge in [0.05, 0.1) is 6.04 Å². The van der Waals surface area contributed by atoms with E-state index >= 15 is 0 Å². The number of rotatable bonds is 8. The fourth-order valence-corrected chi connectivity index (χ4v) is 2.17. The molecule has 1 aromatic rings. The Kier molecular flexibility index (Phi) is 11.9. The summed E-state index contributed by atoms with van der Waals surface area (Å²) in [6, 6.07) is 3.75. The first-order chi connectivity index (χ1) is 11.0. The van der Waals surface area contributed by atoms with Gasteiger partial charge in [0.1, 0.15) is 0 Å². The molecule has 7 heteroatoms. The number of benzene rings is 1. The summed E-state index contributed by atoms with van der Waals surface area (Å²) >= 11 is 0. The fourth-order valence-electron chi connectivity index (χ4n) is 2.17. The van der Waals surface area contributed by atoms with Crippen molar-refractivity contribution in [2.75, 3.05) is 33.7 Å². The van der Waals surface area contributed by atoms with Crippen LogP contribution in [0.15, 0.2) is 23.2 Å². The molecule has 0 aliphatic rings. The zero-order valence-corrected chi connectivity index (χ0v) is 17.2. The molecule has 0 saturated carbocycles. The van der Waals surface area contributed by atoms with Crippen LogP contribution in [-0.2, 0) is 0 Å². The average molecular weight is 454 g/mol. The van der Waals surface area contributed by atoms with E-state index in [0.717, 1.165) is 25.7 Å². The van der Waals surface area contributed by atoms with E-state index in [-0.39, 0.29) is 30.0 Å². The maximum absolute atomic E-state index is 13.3. The van der Waals surface area contributed by atoms with E-state index < -0.39 is 11.6 Å². The molecule has 24 heavy (non-hydrogen) atoms. The first-order valence-electron chi connectivity index (χ1n) is 8.08. The number of unbranched alkanes of at least 4 members (excludes halogenated alkanes) is 1. The summed E-state index contributed by atoms with van der Waals surface area (Å²) < 4.78 is 26.3. The molecule has 0 heterocycles. The van der Waals surface area contributed by atoms with E-state index in [0.29, 0.717) is 11.5 Å². The molecule has 0 saturated heterocycles. The van der Waals surface area contributed by atoms with Gasteiger partial charge in [-0.05, 0) is 44.6 Å². The topological polar surface area (TPSA) is 39.7 Å². The van der Waals surface area contributed by atoms with Crippen LogP contribution >= 0.6 is 24.0 Å². The normalized spacial score (nSPS) is 12.7. The van der Waals surface area contributed by atoms with Gasteiger partial charge >= 0.3 is 0 Å².